The minimum absolute atomic E-state index is 0.414. The molecule has 20 heavy (non-hydrogen) atoms. The zero-order valence-electron chi connectivity index (χ0n) is 10.3. The van der Waals surface area contributed by atoms with Crippen LogP contribution >= 0.6 is 11.6 Å². The largest absolute Gasteiger partial charge is 0.481 e. The predicted octanol–water partition coefficient (Wildman–Crippen LogP) is 2.60. The van der Waals surface area contributed by atoms with E-state index in [1.54, 1.807) is 0 Å². The molecular formula is C13H12ClF2NO3. The first-order valence-electron chi connectivity index (χ1n) is 6.08. The van der Waals surface area contributed by atoms with Crippen LogP contribution in [0, 0.1) is 17.6 Å². The molecule has 0 saturated heterocycles. The molecule has 2 unspecified atom stereocenters. The maximum Gasteiger partial charge on any atom is 0.308 e. The lowest BCUT2D eigenvalue weighted by Crippen LogP contribution is -2.40. The molecule has 1 aromatic carbocycles. The number of benzene rings is 1. The summed E-state index contributed by atoms with van der Waals surface area (Å²) in [5.74, 6) is -4.39. The lowest BCUT2D eigenvalue weighted by atomic mass is 10.0. The number of aliphatic carboxylic acids is 1. The molecule has 1 aromatic rings. The van der Waals surface area contributed by atoms with E-state index in [1.807, 2.05) is 0 Å². The third kappa shape index (κ3) is 2.90. The first-order chi connectivity index (χ1) is 9.40. The van der Waals surface area contributed by atoms with Gasteiger partial charge in [0.15, 0.2) is 0 Å². The fourth-order valence-corrected chi connectivity index (χ4v) is 2.52. The molecular weight excluding hydrogens is 292 g/mol. The quantitative estimate of drug-likeness (QED) is 0.844. The maximum absolute atomic E-state index is 13.6. The van der Waals surface area contributed by atoms with Gasteiger partial charge in [-0.15, -0.1) is 0 Å². The van der Waals surface area contributed by atoms with E-state index in [0.717, 1.165) is 6.07 Å². The Balaban J connectivity index is 2.16. The first kappa shape index (κ1) is 14.7. The highest BCUT2D eigenvalue weighted by molar-refractivity contribution is 6.30. The van der Waals surface area contributed by atoms with Crippen LogP contribution in [0.15, 0.2) is 12.1 Å². The third-order valence-corrected chi connectivity index (χ3v) is 3.69. The lowest BCUT2D eigenvalue weighted by molar-refractivity contribution is -0.142. The summed E-state index contributed by atoms with van der Waals surface area (Å²) in [5.41, 5.74) is -0.483. The van der Waals surface area contributed by atoms with Crippen molar-refractivity contribution in [1.29, 1.82) is 0 Å². The van der Waals surface area contributed by atoms with Crippen LogP contribution in [0.2, 0.25) is 5.02 Å². The molecule has 1 amide bonds. The van der Waals surface area contributed by atoms with Crippen molar-refractivity contribution in [2.75, 3.05) is 0 Å². The topological polar surface area (TPSA) is 66.4 Å². The second kappa shape index (κ2) is 5.75. The number of carboxylic acids is 1. The van der Waals surface area contributed by atoms with Gasteiger partial charge in [-0.05, 0) is 25.0 Å². The number of amides is 1. The number of nitrogens with one attached hydrogen (secondary N) is 1. The summed E-state index contributed by atoms with van der Waals surface area (Å²) in [4.78, 5) is 22.9. The van der Waals surface area contributed by atoms with E-state index in [9.17, 15) is 18.4 Å². The highest BCUT2D eigenvalue weighted by Crippen LogP contribution is 2.26. The highest BCUT2D eigenvalue weighted by Gasteiger charge is 2.34. The van der Waals surface area contributed by atoms with Crippen molar-refractivity contribution in [3.63, 3.8) is 0 Å². The van der Waals surface area contributed by atoms with Gasteiger partial charge >= 0.3 is 5.97 Å². The molecule has 2 atom stereocenters. The van der Waals surface area contributed by atoms with Crippen LogP contribution in [-0.2, 0) is 4.79 Å². The van der Waals surface area contributed by atoms with Crippen molar-refractivity contribution >= 4 is 23.5 Å². The van der Waals surface area contributed by atoms with Gasteiger partial charge in [0.1, 0.15) is 11.6 Å². The van der Waals surface area contributed by atoms with Gasteiger partial charge in [0.25, 0.3) is 5.91 Å². The number of carbonyl (C=O) groups is 2. The average Bonchev–Trinajstić information content (AvgIpc) is 2.81. The zero-order chi connectivity index (χ0) is 14.9. The van der Waals surface area contributed by atoms with Crippen LogP contribution in [0.4, 0.5) is 8.78 Å². The number of hydrogen-bond acceptors (Lipinski definition) is 2. The van der Waals surface area contributed by atoms with Crippen molar-refractivity contribution in [3.05, 3.63) is 34.4 Å². The van der Waals surface area contributed by atoms with Crippen molar-refractivity contribution in [1.82, 2.24) is 5.32 Å². The Kier molecular flexibility index (Phi) is 4.23. The minimum Gasteiger partial charge on any atom is -0.481 e. The van der Waals surface area contributed by atoms with Crippen LogP contribution in [0.5, 0.6) is 0 Å². The van der Waals surface area contributed by atoms with E-state index in [4.69, 9.17) is 16.7 Å². The summed E-state index contributed by atoms with van der Waals surface area (Å²) in [7, 11) is 0. The number of rotatable bonds is 3. The molecule has 108 valence electrons. The van der Waals surface area contributed by atoms with E-state index in [0.29, 0.717) is 25.3 Å². The van der Waals surface area contributed by atoms with Crippen LogP contribution in [0.3, 0.4) is 0 Å². The predicted molar refractivity (Wildman–Crippen MR) is 67.6 cm³/mol. The monoisotopic (exact) mass is 303 g/mol. The van der Waals surface area contributed by atoms with Gasteiger partial charge in [0, 0.05) is 6.04 Å². The molecule has 1 saturated carbocycles. The van der Waals surface area contributed by atoms with E-state index >= 15 is 0 Å². The fourth-order valence-electron chi connectivity index (χ4n) is 2.37. The first-order valence-corrected chi connectivity index (χ1v) is 6.46. The van der Waals surface area contributed by atoms with Gasteiger partial charge in [-0.2, -0.15) is 0 Å². The van der Waals surface area contributed by atoms with Crippen molar-refractivity contribution in [2.45, 2.75) is 25.3 Å². The summed E-state index contributed by atoms with van der Waals surface area (Å²) in [5, 5.41) is 11.0. The Bertz CT molecular complexity index is 565. The molecule has 0 aliphatic heterocycles. The Labute approximate surface area is 118 Å². The molecule has 0 radical (unpaired) electrons. The summed E-state index contributed by atoms with van der Waals surface area (Å²) in [6.45, 7) is 0. The second-order valence-electron chi connectivity index (χ2n) is 4.70. The smallest absolute Gasteiger partial charge is 0.308 e. The van der Waals surface area contributed by atoms with E-state index < -0.39 is 46.1 Å². The zero-order valence-corrected chi connectivity index (χ0v) is 11.1. The van der Waals surface area contributed by atoms with Gasteiger partial charge in [0.05, 0.1) is 16.5 Å². The van der Waals surface area contributed by atoms with Crippen LogP contribution in [0.1, 0.15) is 29.6 Å². The molecule has 0 spiro atoms. The Morgan fingerprint density at radius 2 is 1.95 bits per heavy atom. The molecule has 2 N–H and O–H groups in total. The molecule has 0 heterocycles. The van der Waals surface area contributed by atoms with Gasteiger partial charge in [-0.1, -0.05) is 18.0 Å². The normalized spacial score (nSPS) is 21.8. The van der Waals surface area contributed by atoms with Crippen LogP contribution in [-0.4, -0.2) is 23.0 Å². The Morgan fingerprint density at radius 1 is 1.25 bits per heavy atom. The summed E-state index contributed by atoms with van der Waals surface area (Å²) >= 11 is 5.40. The summed E-state index contributed by atoms with van der Waals surface area (Å²) in [6, 6.07) is 0.852. The minimum atomic E-state index is -1.00. The molecule has 0 bridgehead atoms. The van der Waals surface area contributed by atoms with Gasteiger partial charge in [-0.25, -0.2) is 8.78 Å². The third-order valence-electron chi connectivity index (χ3n) is 3.40. The van der Waals surface area contributed by atoms with Gasteiger partial charge in [-0.3, -0.25) is 9.59 Å². The second-order valence-corrected chi connectivity index (χ2v) is 5.11. The molecule has 0 aromatic heterocycles. The van der Waals surface area contributed by atoms with E-state index in [2.05, 4.69) is 5.32 Å². The molecule has 7 heteroatoms. The molecule has 2 rings (SSSR count). The fraction of sp³-hybridized carbons (Fsp3) is 0.385. The summed E-state index contributed by atoms with van der Waals surface area (Å²) < 4.78 is 26.8. The molecule has 1 aliphatic carbocycles. The lowest BCUT2D eigenvalue weighted by Gasteiger charge is -2.17. The number of carbonyl (C=O) groups excluding carboxylic acids is 1. The Hall–Kier alpha value is -1.69. The number of hydrogen-bond donors (Lipinski definition) is 2. The van der Waals surface area contributed by atoms with E-state index in [1.165, 1.54) is 0 Å². The van der Waals surface area contributed by atoms with Crippen molar-refractivity contribution in [3.8, 4) is 0 Å². The van der Waals surface area contributed by atoms with Gasteiger partial charge in [0.2, 0.25) is 0 Å². The van der Waals surface area contributed by atoms with Crippen LogP contribution < -0.4 is 5.32 Å². The van der Waals surface area contributed by atoms with Crippen molar-refractivity contribution in [2.24, 2.45) is 5.92 Å². The molecule has 1 fully saturated rings. The standard InChI is InChI=1S/C13H12ClF2NO3/c14-8-5-9(15)7(4-10(8)16)12(18)17-11-3-1-2-6(11)13(19)20/h4-6,11H,1-3H2,(H,17,18)(H,19,20). The average molecular weight is 304 g/mol. The van der Waals surface area contributed by atoms with Crippen LogP contribution in [0.25, 0.3) is 0 Å². The summed E-state index contributed by atoms with van der Waals surface area (Å²) in [6.07, 6.45) is 1.62. The molecule has 4 nitrogen and oxygen atoms in total. The SMILES string of the molecule is O=C(NC1CCCC1C(=O)O)c1cc(F)c(Cl)cc1F. The van der Waals surface area contributed by atoms with E-state index in [-0.39, 0.29) is 0 Å². The van der Waals surface area contributed by atoms with Crippen molar-refractivity contribution < 1.29 is 23.5 Å². The number of carboxylic acid groups (broad SMARTS) is 1. The number of halogens is 3. The van der Waals surface area contributed by atoms with Gasteiger partial charge < -0.3 is 10.4 Å². The maximum atomic E-state index is 13.6. The highest BCUT2D eigenvalue weighted by atomic mass is 35.5. The Morgan fingerprint density at radius 3 is 2.60 bits per heavy atom. The molecule has 1 aliphatic rings.